The van der Waals surface area contributed by atoms with Crippen molar-refractivity contribution in [3.05, 3.63) is 29.3 Å². The van der Waals surface area contributed by atoms with Crippen LogP contribution in [0.15, 0.2) is 18.2 Å². The molecule has 0 amide bonds. The molecule has 1 N–H and O–H groups in total. The van der Waals surface area contributed by atoms with Crippen LogP contribution in [0.25, 0.3) is 0 Å². The molecule has 1 aromatic carbocycles. The Balaban J connectivity index is 2.14. The van der Waals surface area contributed by atoms with E-state index in [-0.39, 0.29) is 11.6 Å². The summed E-state index contributed by atoms with van der Waals surface area (Å²) in [5.41, 5.74) is 2.22. The summed E-state index contributed by atoms with van der Waals surface area (Å²) >= 11 is -2.03. The summed E-state index contributed by atoms with van der Waals surface area (Å²) in [7, 11) is 0. The second kappa shape index (κ2) is 4.30. The van der Waals surface area contributed by atoms with E-state index in [4.69, 9.17) is 0 Å². The fourth-order valence-electron chi connectivity index (χ4n) is 1.86. The van der Waals surface area contributed by atoms with E-state index in [9.17, 15) is 13.9 Å². The number of rotatable bonds is 2. The summed E-state index contributed by atoms with van der Waals surface area (Å²) in [6, 6.07) is 5.27. The van der Waals surface area contributed by atoms with Gasteiger partial charge in [0.15, 0.2) is 0 Å². The third-order valence-corrected chi connectivity index (χ3v) is 3.15. The number of nitrogens with zero attached hydrogens (tertiary/aromatic N) is 1. The SMILES string of the molecule is O=S([O-])CN1CCc2ccc(O)cc2C1. The van der Waals surface area contributed by atoms with Gasteiger partial charge in [-0.25, -0.2) is 0 Å². The molecule has 15 heavy (non-hydrogen) atoms. The third kappa shape index (κ3) is 2.56. The fraction of sp³-hybridized carbons (Fsp3) is 0.400. The zero-order valence-electron chi connectivity index (χ0n) is 8.18. The van der Waals surface area contributed by atoms with Crippen LogP contribution in [0.1, 0.15) is 11.1 Å². The van der Waals surface area contributed by atoms with Crippen molar-refractivity contribution in [3.8, 4) is 5.75 Å². The number of benzene rings is 1. The molecule has 1 heterocycles. The van der Waals surface area contributed by atoms with Gasteiger partial charge in [0, 0.05) is 13.1 Å². The van der Waals surface area contributed by atoms with Gasteiger partial charge in [0.25, 0.3) is 0 Å². The van der Waals surface area contributed by atoms with Gasteiger partial charge in [0.1, 0.15) is 5.75 Å². The quantitative estimate of drug-likeness (QED) is 0.749. The number of phenols is 1. The number of phenolic OH excluding ortho intramolecular Hbond substituents is 1. The first-order valence-electron chi connectivity index (χ1n) is 4.74. The van der Waals surface area contributed by atoms with Crippen LogP contribution in [-0.4, -0.2) is 31.2 Å². The minimum absolute atomic E-state index is 0.0646. The Kier molecular flexibility index (Phi) is 3.04. The van der Waals surface area contributed by atoms with E-state index >= 15 is 0 Å². The number of hydrogen-bond donors (Lipinski definition) is 1. The Labute approximate surface area is 90.8 Å². The highest BCUT2D eigenvalue weighted by atomic mass is 32.2. The highest BCUT2D eigenvalue weighted by Gasteiger charge is 2.16. The Bertz CT molecular complexity index is 394. The number of aromatic hydroxyl groups is 1. The van der Waals surface area contributed by atoms with Crippen LogP contribution >= 0.6 is 0 Å². The predicted octanol–water partition coefficient (Wildman–Crippen LogP) is 0.587. The van der Waals surface area contributed by atoms with Gasteiger partial charge >= 0.3 is 0 Å². The van der Waals surface area contributed by atoms with Crippen LogP contribution in [0, 0.1) is 0 Å². The molecule has 0 fully saturated rings. The van der Waals surface area contributed by atoms with Gasteiger partial charge in [0.05, 0.1) is 5.88 Å². The van der Waals surface area contributed by atoms with Crippen molar-refractivity contribution in [3.63, 3.8) is 0 Å². The molecule has 2 rings (SSSR count). The maximum absolute atomic E-state index is 10.6. The zero-order valence-corrected chi connectivity index (χ0v) is 9.00. The molecule has 1 aliphatic rings. The van der Waals surface area contributed by atoms with Crippen LogP contribution in [0.2, 0.25) is 0 Å². The van der Waals surface area contributed by atoms with E-state index in [2.05, 4.69) is 0 Å². The van der Waals surface area contributed by atoms with Crippen molar-refractivity contribution >= 4 is 11.1 Å². The van der Waals surface area contributed by atoms with E-state index in [0.29, 0.717) is 6.54 Å². The molecule has 0 radical (unpaired) electrons. The molecule has 0 saturated heterocycles. The van der Waals surface area contributed by atoms with Crippen molar-refractivity contribution in [2.75, 3.05) is 12.4 Å². The topological polar surface area (TPSA) is 63.6 Å². The van der Waals surface area contributed by atoms with Gasteiger partial charge in [-0.05, 0) is 40.8 Å². The van der Waals surface area contributed by atoms with Crippen molar-refractivity contribution in [1.82, 2.24) is 4.90 Å². The Morgan fingerprint density at radius 1 is 1.47 bits per heavy atom. The molecule has 0 spiro atoms. The molecule has 0 bridgehead atoms. The Morgan fingerprint density at radius 3 is 3.00 bits per heavy atom. The van der Waals surface area contributed by atoms with Crippen molar-refractivity contribution in [1.29, 1.82) is 0 Å². The minimum Gasteiger partial charge on any atom is -0.771 e. The number of hydrogen-bond acceptors (Lipinski definition) is 4. The molecular weight excluding hydrogens is 214 g/mol. The van der Waals surface area contributed by atoms with Crippen molar-refractivity contribution in [2.24, 2.45) is 0 Å². The molecule has 1 aromatic rings. The number of fused-ring (bicyclic) bond motifs is 1. The monoisotopic (exact) mass is 226 g/mol. The summed E-state index contributed by atoms with van der Waals surface area (Å²) in [6.45, 7) is 1.35. The molecule has 0 aliphatic carbocycles. The Morgan fingerprint density at radius 2 is 2.27 bits per heavy atom. The van der Waals surface area contributed by atoms with Crippen LogP contribution < -0.4 is 0 Å². The molecule has 82 valence electrons. The van der Waals surface area contributed by atoms with Crippen molar-refractivity contribution in [2.45, 2.75) is 13.0 Å². The maximum atomic E-state index is 10.6. The van der Waals surface area contributed by atoms with Crippen LogP contribution in [0.4, 0.5) is 0 Å². The Hall–Kier alpha value is -0.910. The minimum atomic E-state index is -2.03. The summed E-state index contributed by atoms with van der Waals surface area (Å²) in [5, 5.41) is 9.32. The summed E-state index contributed by atoms with van der Waals surface area (Å²) in [6.07, 6.45) is 0.840. The normalized spacial score (nSPS) is 18.5. The highest BCUT2D eigenvalue weighted by Crippen LogP contribution is 2.22. The van der Waals surface area contributed by atoms with Gasteiger partial charge < -0.3 is 9.66 Å². The van der Waals surface area contributed by atoms with E-state index in [0.717, 1.165) is 18.5 Å². The largest absolute Gasteiger partial charge is 0.771 e. The predicted molar refractivity (Wildman–Crippen MR) is 56.0 cm³/mol. The molecule has 1 aliphatic heterocycles. The molecule has 1 atom stereocenters. The molecule has 1 unspecified atom stereocenters. The van der Waals surface area contributed by atoms with Gasteiger partial charge in [-0.15, -0.1) is 0 Å². The molecular formula is C10H12NO3S-. The first kappa shape index (κ1) is 10.6. The van der Waals surface area contributed by atoms with Gasteiger partial charge in [0.2, 0.25) is 0 Å². The smallest absolute Gasteiger partial charge is 0.115 e. The molecule has 5 heteroatoms. The van der Waals surface area contributed by atoms with E-state index < -0.39 is 11.1 Å². The summed E-state index contributed by atoms with van der Waals surface area (Å²) in [4.78, 5) is 1.85. The molecule has 0 saturated carbocycles. The maximum Gasteiger partial charge on any atom is 0.115 e. The summed E-state index contributed by atoms with van der Waals surface area (Å²) < 4.78 is 21.1. The highest BCUT2D eigenvalue weighted by molar-refractivity contribution is 7.79. The average molecular weight is 226 g/mol. The van der Waals surface area contributed by atoms with Crippen LogP contribution in [0.3, 0.4) is 0 Å². The van der Waals surface area contributed by atoms with Gasteiger partial charge in [-0.3, -0.25) is 9.11 Å². The standard InChI is InChI=1S/C10H13NO3S/c12-10-2-1-8-3-4-11(7-15(13)14)6-9(8)5-10/h1-2,5,12H,3-4,6-7H2,(H,13,14)/p-1. The van der Waals surface area contributed by atoms with E-state index in [1.54, 1.807) is 12.1 Å². The summed E-state index contributed by atoms with van der Waals surface area (Å²) in [5.74, 6) is 0.300. The zero-order chi connectivity index (χ0) is 10.8. The second-order valence-corrected chi connectivity index (χ2v) is 4.55. The molecule has 4 nitrogen and oxygen atoms in total. The van der Waals surface area contributed by atoms with Gasteiger partial charge in [-0.2, -0.15) is 0 Å². The lowest BCUT2D eigenvalue weighted by atomic mass is 10.00. The van der Waals surface area contributed by atoms with Crippen LogP contribution in [0.5, 0.6) is 5.75 Å². The fourth-order valence-corrected chi connectivity index (χ4v) is 2.38. The van der Waals surface area contributed by atoms with Crippen LogP contribution in [-0.2, 0) is 24.0 Å². The second-order valence-electron chi connectivity index (χ2n) is 3.69. The molecule has 0 aromatic heterocycles. The van der Waals surface area contributed by atoms with Gasteiger partial charge in [-0.1, -0.05) is 6.07 Å². The first-order chi connectivity index (χ1) is 7.15. The lowest BCUT2D eigenvalue weighted by Crippen LogP contribution is -2.32. The van der Waals surface area contributed by atoms with E-state index in [1.807, 2.05) is 11.0 Å². The average Bonchev–Trinajstić information content (AvgIpc) is 2.16. The lowest BCUT2D eigenvalue weighted by Gasteiger charge is -2.29. The third-order valence-electron chi connectivity index (χ3n) is 2.57. The first-order valence-corrected chi connectivity index (χ1v) is 5.98. The van der Waals surface area contributed by atoms with E-state index in [1.165, 1.54) is 5.56 Å². The van der Waals surface area contributed by atoms with Crippen molar-refractivity contribution < 1.29 is 13.9 Å². The lowest BCUT2D eigenvalue weighted by molar-refractivity contribution is 0.289.